The first-order valence-electron chi connectivity index (χ1n) is 6.81. The van der Waals surface area contributed by atoms with E-state index >= 15 is 0 Å². The Morgan fingerprint density at radius 2 is 2.11 bits per heavy atom. The Morgan fingerprint density at radius 3 is 2.63 bits per heavy atom. The molecule has 0 aliphatic carbocycles. The number of likely N-dealkylation sites (tertiary alicyclic amines) is 1. The maximum absolute atomic E-state index is 6.06. The molecule has 1 aliphatic heterocycles. The van der Waals surface area contributed by atoms with Crippen LogP contribution in [0.4, 0.5) is 5.13 Å². The van der Waals surface area contributed by atoms with Gasteiger partial charge in [-0.3, -0.25) is 4.90 Å². The van der Waals surface area contributed by atoms with Gasteiger partial charge in [-0.15, -0.1) is 23.7 Å². The summed E-state index contributed by atoms with van der Waals surface area (Å²) in [5.41, 5.74) is 6.06. The van der Waals surface area contributed by atoms with Crippen molar-refractivity contribution in [1.29, 1.82) is 0 Å². The number of hydrogen-bond donors (Lipinski definition) is 1. The van der Waals surface area contributed by atoms with Gasteiger partial charge < -0.3 is 10.6 Å². The highest BCUT2D eigenvalue weighted by Crippen LogP contribution is 2.25. The lowest BCUT2D eigenvalue weighted by atomic mass is 10.1. The molecular weight excluding hydrogens is 280 g/mol. The average molecular weight is 305 g/mol. The van der Waals surface area contributed by atoms with Gasteiger partial charge in [0.15, 0.2) is 5.13 Å². The van der Waals surface area contributed by atoms with E-state index in [1.807, 2.05) is 17.5 Å². The minimum Gasteiger partial charge on any atom is -0.349 e. The molecule has 2 unspecified atom stereocenters. The van der Waals surface area contributed by atoms with Crippen LogP contribution in [0.15, 0.2) is 6.20 Å². The summed E-state index contributed by atoms with van der Waals surface area (Å²) < 4.78 is 0. The van der Waals surface area contributed by atoms with Crippen LogP contribution in [0.25, 0.3) is 0 Å². The molecule has 6 heteroatoms. The molecule has 1 fully saturated rings. The molecule has 1 saturated heterocycles. The van der Waals surface area contributed by atoms with Crippen molar-refractivity contribution in [3.63, 3.8) is 0 Å². The highest BCUT2D eigenvalue weighted by Gasteiger charge is 2.26. The quantitative estimate of drug-likeness (QED) is 0.906. The summed E-state index contributed by atoms with van der Waals surface area (Å²) in [5, 5.41) is 1.14. The van der Waals surface area contributed by atoms with Crippen LogP contribution in [-0.2, 0) is 6.54 Å². The highest BCUT2D eigenvalue weighted by atomic mass is 35.5. The van der Waals surface area contributed by atoms with Gasteiger partial charge >= 0.3 is 0 Å². The molecule has 19 heavy (non-hydrogen) atoms. The summed E-state index contributed by atoms with van der Waals surface area (Å²) in [7, 11) is 0. The van der Waals surface area contributed by atoms with Crippen molar-refractivity contribution in [2.45, 2.75) is 33.4 Å². The first-order chi connectivity index (χ1) is 8.63. The molecule has 2 heterocycles. The molecular formula is C13H25ClN4S. The van der Waals surface area contributed by atoms with Gasteiger partial charge in [-0.25, -0.2) is 4.98 Å². The maximum atomic E-state index is 6.06. The van der Waals surface area contributed by atoms with Gasteiger partial charge in [-0.2, -0.15) is 0 Å². The second-order valence-corrected chi connectivity index (χ2v) is 6.21. The molecule has 0 aromatic carbocycles. The Morgan fingerprint density at radius 1 is 1.42 bits per heavy atom. The average Bonchev–Trinajstić information content (AvgIpc) is 2.90. The van der Waals surface area contributed by atoms with Crippen molar-refractivity contribution in [3.05, 3.63) is 11.1 Å². The lowest BCUT2D eigenvalue weighted by Crippen LogP contribution is -2.28. The van der Waals surface area contributed by atoms with Crippen LogP contribution in [0.2, 0.25) is 0 Å². The molecule has 1 aliphatic rings. The van der Waals surface area contributed by atoms with E-state index in [0.29, 0.717) is 12.0 Å². The van der Waals surface area contributed by atoms with E-state index in [0.717, 1.165) is 37.9 Å². The standard InChI is InChI=1S/C13H24N4S.ClH/c1-4-17(5-2)13-15-6-11(18-13)8-16-7-10(3)12(14)9-16;/h6,10,12H,4-5,7-9,14H2,1-3H3;1H. The normalized spacial score (nSPS) is 23.4. The molecule has 0 bridgehead atoms. The van der Waals surface area contributed by atoms with Crippen molar-refractivity contribution in [1.82, 2.24) is 9.88 Å². The highest BCUT2D eigenvalue weighted by molar-refractivity contribution is 7.15. The van der Waals surface area contributed by atoms with Gasteiger partial charge in [-0.05, 0) is 19.8 Å². The molecule has 110 valence electrons. The van der Waals surface area contributed by atoms with E-state index in [1.54, 1.807) is 0 Å². The van der Waals surface area contributed by atoms with Crippen molar-refractivity contribution in [2.75, 3.05) is 31.1 Å². The predicted octanol–water partition coefficient (Wildman–Crippen LogP) is 2.19. The second-order valence-electron chi connectivity index (χ2n) is 5.12. The number of anilines is 1. The van der Waals surface area contributed by atoms with E-state index < -0.39 is 0 Å². The topological polar surface area (TPSA) is 45.4 Å². The maximum Gasteiger partial charge on any atom is 0.185 e. The first kappa shape index (κ1) is 16.7. The molecule has 0 radical (unpaired) electrons. The van der Waals surface area contributed by atoms with E-state index in [9.17, 15) is 0 Å². The van der Waals surface area contributed by atoms with E-state index in [2.05, 4.69) is 35.6 Å². The zero-order valence-electron chi connectivity index (χ0n) is 12.0. The number of halogens is 1. The lowest BCUT2D eigenvalue weighted by molar-refractivity contribution is 0.321. The number of thiazole rings is 1. The van der Waals surface area contributed by atoms with Crippen LogP contribution < -0.4 is 10.6 Å². The van der Waals surface area contributed by atoms with Gasteiger partial charge in [0.1, 0.15) is 0 Å². The van der Waals surface area contributed by atoms with Crippen LogP contribution in [0.1, 0.15) is 25.6 Å². The van der Waals surface area contributed by atoms with E-state index in [-0.39, 0.29) is 12.4 Å². The molecule has 1 aromatic heterocycles. The third-order valence-electron chi connectivity index (χ3n) is 3.70. The number of hydrogen-bond acceptors (Lipinski definition) is 5. The smallest absolute Gasteiger partial charge is 0.185 e. The number of nitrogens with two attached hydrogens (primary N) is 1. The first-order valence-corrected chi connectivity index (χ1v) is 7.63. The zero-order chi connectivity index (χ0) is 13.1. The van der Waals surface area contributed by atoms with Gasteiger partial charge in [0.2, 0.25) is 0 Å². The summed E-state index contributed by atoms with van der Waals surface area (Å²) in [4.78, 5) is 10.6. The summed E-state index contributed by atoms with van der Waals surface area (Å²) in [6.45, 7) is 11.7. The third-order valence-corrected chi connectivity index (χ3v) is 4.74. The van der Waals surface area contributed by atoms with Crippen LogP contribution in [0.3, 0.4) is 0 Å². The number of nitrogens with zero attached hydrogens (tertiary/aromatic N) is 3. The number of rotatable bonds is 5. The van der Waals surface area contributed by atoms with E-state index in [1.165, 1.54) is 4.88 Å². The second kappa shape index (κ2) is 7.43. The van der Waals surface area contributed by atoms with Crippen LogP contribution in [0, 0.1) is 5.92 Å². The van der Waals surface area contributed by atoms with Gasteiger partial charge in [0.05, 0.1) is 0 Å². The lowest BCUT2D eigenvalue weighted by Gasteiger charge is -2.16. The van der Waals surface area contributed by atoms with Crippen LogP contribution >= 0.6 is 23.7 Å². The Bertz CT molecular complexity index is 370. The molecule has 2 rings (SSSR count). The van der Waals surface area contributed by atoms with Crippen molar-refractivity contribution in [2.24, 2.45) is 11.7 Å². The summed E-state index contributed by atoms with van der Waals surface area (Å²) in [6, 6.07) is 0.333. The Balaban J connectivity index is 0.00000180. The minimum atomic E-state index is 0. The van der Waals surface area contributed by atoms with Crippen molar-refractivity contribution >= 4 is 28.9 Å². The van der Waals surface area contributed by atoms with Crippen LogP contribution in [0.5, 0.6) is 0 Å². The number of aromatic nitrogens is 1. The Hall–Kier alpha value is -0.360. The SMILES string of the molecule is CCN(CC)c1ncc(CN2CC(C)C(N)C2)s1.Cl. The fraction of sp³-hybridized carbons (Fsp3) is 0.769. The molecule has 4 nitrogen and oxygen atoms in total. The summed E-state index contributed by atoms with van der Waals surface area (Å²) in [6.07, 6.45) is 2.02. The van der Waals surface area contributed by atoms with Crippen LogP contribution in [-0.4, -0.2) is 42.1 Å². The monoisotopic (exact) mass is 304 g/mol. The fourth-order valence-corrected chi connectivity index (χ4v) is 3.54. The molecule has 2 atom stereocenters. The van der Waals surface area contributed by atoms with Gasteiger partial charge in [-0.1, -0.05) is 6.92 Å². The Kier molecular flexibility index (Phi) is 6.53. The molecule has 0 saturated carbocycles. The molecule has 1 aromatic rings. The fourth-order valence-electron chi connectivity index (χ4n) is 2.46. The summed E-state index contributed by atoms with van der Waals surface area (Å²) in [5.74, 6) is 0.611. The van der Waals surface area contributed by atoms with Gasteiger partial charge in [0, 0.05) is 49.8 Å². The van der Waals surface area contributed by atoms with E-state index in [4.69, 9.17) is 5.73 Å². The zero-order valence-corrected chi connectivity index (χ0v) is 13.6. The Labute approximate surface area is 126 Å². The third kappa shape index (κ3) is 4.05. The summed E-state index contributed by atoms with van der Waals surface area (Å²) >= 11 is 1.81. The van der Waals surface area contributed by atoms with Gasteiger partial charge in [0.25, 0.3) is 0 Å². The predicted molar refractivity (Wildman–Crippen MR) is 85.3 cm³/mol. The van der Waals surface area contributed by atoms with Crippen molar-refractivity contribution in [3.8, 4) is 0 Å². The molecule has 2 N–H and O–H groups in total. The van der Waals surface area contributed by atoms with Crippen molar-refractivity contribution < 1.29 is 0 Å². The largest absolute Gasteiger partial charge is 0.349 e. The minimum absolute atomic E-state index is 0. The molecule has 0 amide bonds. The molecule has 0 spiro atoms.